The summed E-state index contributed by atoms with van der Waals surface area (Å²) in [5.74, 6) is -0.341. The van der Waals surface area contributed by atoms with E-state index in [1.807, 2.05) is 6.07 Å². The van der Waals surface area contributed by atoms with Crippen molar-refractivity contribution in [3.05, 3.63) is 29.3 Å². The van der Waals surface area contributed by atoms with Gasteiger partial charge in [-0.1, -0.05) is 6.07 Å². The Morgan fingerprint density at radius 1 is 1.29 bits per heavy atom. The molecule has 1 saturated carbocycles. The summed E-state index contributed by atoms with van der Waals surface area (Å²) >= 11 is 11.7. The molecule has 0 unspecified atom stereocenters. The van der Waals surface area contributed by atoms with E-state index in [4.69, 9.17) is 23.2 Å². The van der Waals surface area contributed by atoms with Crippen LogP contribution in [0.4, 0.5) is 5.69 Å². The van der Waals surface area contributed by atoms with E-state index in [2.05, 4.69) is 17.4 Å². The average molecular weight is 270 g/mol. The minimum absolute atomic E-state index is 0.0760. The van der Waals surface area contributed by atoms with E-state index in [-0.39, 0.29) is 11.8 Å². The number of rotatable bonds is 2. The van der Waals surface area contributed by atoms with Crippen molar-refractivity contribution in [3.8, 4) is 0 Å². The Labute approximate surface area is 110 Å². The van der Waals surface area contributed by atoms with Crippen LogP contribution in [0.2, 0.25) is 0 Å². The maximum Gasteiger partial charge on any atom is 0.230 e. The van der Waals surface area contributed by atoms with Crippen LogP contribution in [-0.4, -0.2) is 10.2 Å². The second-order valence-electron chi connectivity index (χ2n) is 4.84. The van der Waals surface area contributed by atoms with Crippen molar-refractivity contribution in [2.75, 3.05) is 5.32 Å². The number of carbonyl (C=O) groups excluding carboxylic acids is 1. The minimum Gasteiger partial charge on any atom is -0.326 e. The van der Waals surface area contributed by atoms with E-state index in [0.29, 0.717) is 6.42 Å². The third kappa shape index (κ3) is 2.16. The largest absolute Gasteiger partial charge is 0.326 e. The van der Waals surface area contributed by atoms with Crippen molar-refractivity contribution in [3.63, 3.8) is 0 Å². The lowest BCUT2D eigenvalue weighted by atomic mass is 10.1. The summed E-state index contributed by atoms with van der Waals surface area (Å²) in [6.07, 6.45) is 4.02. The zero-order chi connectivity index (χ0) is 12.0. The predicted molar refractivity (Wildman–Crippen MR) is 69.6 cm³/mol. The van der Waals surface area contributed by atoms with E-state index < -0.39 is 4.33 Å². The third-order valence-corrected chi connectivity index (χ3v) is 4.34. The van der Waals surface area contributed by atoms with Gasteiger partial charge in [0.2, 0.25) is 5.91 Å². The van der Waals surface area contributed by atoms with Gasteiger partial charge in [-0.15, -0.1) is 23.2 Å². The van der Waals surface area contributed by atoms with E-state index in [9.17, 15) is 4.79 Å². The van der Waals surface area contributed by atoms with Gasteiger partial charge in [-0.2, -0.15) is 0 Å². The minimum atomic E-state index is -0.846. The van der Waals surface area contributed by atoms with E-state index in [0.717, 1.165) is 18.5 Å². The summed E-state index contributed by atoms with van der Waals surface area (Å²) in [5.41, 5.74) is 3.60. The molecule has 1 N–H and O–H groups in total. The van der Waals surface area contributed by atoms with Gasteiger partial charge in [0, 0.05) is 5.69 Å². The van der Waals surface area contributed by atoms with Gasteiger partial charge in [0.25, 0.3) is 0 Å². The highest BCUT2D eigenvalue weighted by molar-refractivity contribution is 6.52. The van der Waals surface area contributed by atoms with Gasteiger partial charge in [-0.05, 0) is 48.9 Å². The first-order chi connectivity index (χ1) is 8.06. The van der Waals surface area contributed by atoms with Crippen LogP contribution >= 0.6 is 23.2 Å². The number of fused-ring (bicyclic) bond motifs is 1. The molecule has 17 heavy (non-hydrogen) atoms. The van der Waals surface area contributed by atoms with Crippen LogP contribution < -0.4 is 5.32 Å². The summed E-state index contributed by atoms with van der Waals surface area (Å²) in [6.45, 7) is 0. The Bertz CT molecular complexity index is 484. The topological polar surface area (TPSA) is 29.1 Å². The molecule has 1 aromatic rings. The van der Waals surface area contributed by atoms with Crippen molar-refractivity contribution in [1.29, 1.82) is 0 Å². The first-order valence-electron chi connectivity index (χ1n) is 5.87. The summed E-state index contributed by atoms with van der Waals surface area (Å²) in [7, 11) is 0. The van der Waals surface area contributed by atoms with E-state index >= 15 is 0 Å². The molecule has 90 valence electrons. The van der Waals surface area contributed by atoms with Crippen LogP contribution in [0.15, 0.2) is 18.2 Å². The van der Waals surface area contributed by atoms with Crippen molar-refractivity contribution >= 4 is 34.8 Å². The second kappa shape index (κ2) is 3.89. The SMILES string of the molecule is O=C(Nc1ccc2c(c1)CCC2)[C@@H]1CC1(Cl)Cl. The van der Waals surface area contributed by atoms with Gasteiger partial charge in [-0.25, -0.2) is 0 Å². The molecule has 1 atom stereocenters. The number of hydrogen-bond donors (Lipinski definition) is 1. The molecule has 0 aliphatic heterocycles. The van der Waals surface area contributed by atoms with Crippen molar-refractivity contribution < 1.29 is 4.79 Å². The lowest BCUT2D eigenvalue weighted by Crippen LogP contribution is -2.16. The number of alkyl halides is 2. The highest BCUT2D eigenvalue weighted by Gasteiger charge is 2.56. The molecular weight excluding hydrogens is 257 g/mol. The second-order valence-corrected chi connectivity index (χ2v) is 6.39. The maximum absolute atomic E-state index is 11.8. The maximum atomic E-state index is 11.8. The van der Waals surface area contributed by atoms with Gasteiger partial charge in [0.15, 0.2) is 0 Å². The zero-order valence-corrected chi connectivity index (χ0v) is 10.8. The molecule has 2 aliphatic carbocycles. The fraction of sp³-hybridized carbons (Fsp3) is 0.462. The molecule has 0 heterocycles. The summed E-state index contributed by atoms with van der Waals surface area (Å²) < 4.78 is -0.846. The molecule has 0 spiro atoms. The van der Waals surface area contributed by atoms with Crippen molar-refractivity contribution in [2.24, 2.45) is 5.92 Å². The van der Waals surface area contributed by atoms with E-state index in [1.54, 1.807) is 0 Å². The van der Waals surface area contributed by atoms with Gasteiger partial charge in [-0.3, -0.25) is 4.79 Å². The van der Waals surface area contributed by atoms with Gasteiger partial charge in [0.05, 0.1) is 5.92 Å². The van der Waals surface area contributed by atoms with Gasteiger partial charge < -0.3 is 5.32 Å². The van der Waals surface area contributed by atoms with Crippen LogP contribution in [-0.2, 0) is 17.6 Å². The van der Waals surface area contributed by atoms with Crippen LogP contribution in [0.1, 0.15) is 24.0 Å². The molecule has 0 saturated heterocycles. The van der Waals surface area contributed by atoms with Crippen LogP contribution in [0, 0.1) is 5.92 Å². The normalized spacial score (nSPS) is 24.2. The highest BCUT2D eigenvalue weighted by Crippen LogP contribution is 2.53. The highest BCUT2D eigenvalue weighted by atomic mass is 35.5. The standard InChI is InChI=1S/C13H13Cl2NO/c14-13(15)7-11(13)12(17)16-10-5-4-8-2-1-3-9(8)6-10/h4-6,11H,1-3,7H2,(H,16,17)/t11-/m0/s1. The van der Waals surface area contributed by atoms with Crippen molar-refractivity contribution in [1.82, 2.24) is 0 Å². The van der Waals surface area contributed by atoms with Crippen LogP contribution in [0.25, 0.3) is 0 Å². The average Bonchev–Trinajstić information content (AvgIpc) is 2.73. The third-order valence-electron chi connectivity index (χ3n) is 3.51. The quantitative estimate of drug-likeness (QED) is 0.821. The molecule has 0 radical (unpaired) electrons. The Hall–Kier alpha value is -0.730. The number of amides is 1. The Morgan fingerprint density at radius 3 is 2.71 bits per heavy atom. The number of halogens is 2. The molecule has 1 fully saturated rings. The lowest BCUT2D eigenvalue weighted by molar-refractivity contribution is -0.117. The first kappa shape index (κ1) is 11.4. The van der Waals surface area contributed by atoms with Gasteiger partial charge >= 0.3 is 0 Å². The molecule has 4 heteroatoms. The Kier molecular flexibility index (Phi) is 2.60. The van der Waals surface area contributed by atoms with Crippen LogP contribution in [0.5, 0.6) is 0 Å². The smallest absolute Gasteiger partial charge is 0.230 e. The fourth-order valence-electron chi connectivity index (χ4n) is 2.38. The number of nitrogens with one attached hydrogen (secondary N) is 1. The molecule has 0 bridgehead atoms. The number of hydrogen-bond acceptors (Lipinski definition) is 1. The molecule has 2 nitrogen and oxygen atoms in total. The molecule has 1 aromatic carbocycles. The molecule has 2 aliphatic rings. The molecular formula is C13H13Cl2NO. The molecule has 3 rings (SSSR count). The lowest BCUT2D eigenvalue weighted by Gasteiger charge is -2.07. The number of benzene rings is 1. The molecule has 1 amide bonds. The number of aryl methyl sites for hydroxylation is 2. The Morgan fingerprint density at radius 2 is 2.00 bits per heavy atom. The van der Waals surface area contributed by atoms with Gasteiger partial charge in [0.1, 0.15) is 4.33 Å². The van der Waals surface area contributed by atoms with E-state index in [1.165, 1.54) is 17.5 Å². The molecule has 0 aromatic heterocycles. The monoisotopic (exact) mass is 269 g/mol. The zero-order valence-electron chi connectivity index (χ0n) is 9.30. The van der Waals surface area contributed by atoms with Crippen molar-refractivity contribution in [2.45, 2.75) is 30.0 Å². The fourth-order valence-corrected chi connectivity index (χ4v) is 2.88. The predicted octanol–water partition coefficient (Wildman–Crippen LogP) is 3.31. The first-order valence-corrected chi connectivity index (χ1v) is 6.62. The summed E-state index contributed by atoms with van der Waals surface area (Å²) in [6, 6.07) is 6.11. The number of carbonyl (C=O) groups is 1. The van der Waals surface area contributed by atoms with Crippen LogP contribution in [0.3, 0.4) is 0 Å². The Balaban J connectivity index is 1.71. The number of anilines is 1. The summed E-state index contributed by atoms with van der Waals surface area (Å²) in [4.78, 5) is 11.8. The summed E-state index contributed by atoms with van der Waals surface area (Å²) in [5, 5.41) is 2.88.